The number of ether oxygens (including phenoxy) is 2. The Kier molecular flexibility index (Phi) is 5.12. The highest BCUT2D eigenvalue weighted by atomic mass is 35.5. The van der Waals surface area contributed by atoms with E-state index >= 15 is 0 Å². The summed E-state index contributed by atoms with van der Waals surface area (Å²) in [7, 11) is -3.54. The molecular formula is C24H21ClNO6S+. The number of aliphatic hydroxyl groups excluding tert-OH is 1. The lowest BCUT2D eigenvalue weighted by Gasteiger charge is -2.41. The molecule has 7 nitrogen and oxygen atoms in total. The smallest absolute Gasteiger partial charge is 0.332 e. The van der Waals surface area contributed by atoms with Crippen molar-refractivity contribution in [3.05, 3.63) is 77.3 Å². The largest absolute Gasteiger partial charge is 0.485 e. The molecule has 0 fully saturated rings. The fourth-order valence-corrected chi connectivity index (χ4v) is 5.35. The van der Waals surface area contributed by atoms with Gasteiger partial charge in [0.2, 0.25) is 0 Å². The number of hydrogen-bond donors (Lipinski definition) is 1. The van der Waals surface area contributed by atoms with Gasteiger partial charge in [0.05, 0.1) is 5.39 Å². The Bertz CT molecular complexity index is 1450. The predicted molar refractivity (Wildman–Crippen MR) is 123 cm³/mol. The molecule has 0 spiro atoms. The molecule has 0 bridgehead atoms. The molecule has 0 saturated heterocycles. The fraction of sp³-hybridized carbons (Fsp3) is 0.208. The summed E-state index contributed by atoms with van der Waals surface area (Å²) >= 11 is 6.02. The molecule has 0 radical (unpaired) electrons. The number of aliphatic hydroxyl groups is 1. The number of fused-ring (bicyclic) bond motifs is 2. The number of rotatable bonds is 4. The van der Waals surface area contributed by atoms with E-state index in [0.29, 0.717) is 27.3 Å². The van der Waals surface area contributed by atoms with Crippen LogP contribution in [0.1, 0.15) is 25.5 Å². The minimum absolute atomic E-state index is 0.174. The van der Waals surface area contributed by atoms with Crippen LogP contribution in [0.4, 0.5) is 0 Å². The van der Waals surface area contributed by atoms with E-state index in [9.17, 15) is 13.5 Å². The summed E-state index contributed by atoms with van der Waals surface area (Å²) in [5, 5.41) is 16.2. The summed E-state index contributed by atoms with van der Waals surface area (Å²) in [5.74, 6) is 0.616. The van der Waals surface area contributed by atoms with Crippen molar-refractivity contribution < 1.29 is 27.5 Å². The number of hydrogen-bond acceptors (Lipinski definition) is 6. The van der Waals surface area contributed by atoms with Gasteiger partial charge in [-0.2, -0.15) is 4.21 Å². The van der Waals surface area contributed by atoms with Gasteiger partial charge in [0.15, 0.2) is 11.7 Å². The van der Waals surface area contributed by atoms with Crippen LogP contribution >= 0.6 is 11.6 Å². The fourth-order valence-electron chi connectivity index (χ4n) is 3.85. The van der Waals surface area contributed by atoms with Gasteiger partial charge >= 0.3 is 9.84 Å². The topological polar surface area (TPSA) is 103 Å². The Labute approximate surface area is 195 Å². The van der Waals surface area contributed by atoms with Gasteiger partial charge < -0.3 is 19.1 Å². The first-order valence-corrected chi connectivity index (χ1v) is 12.1. The van der Waals surface area contributed by atoms with Crippen molar-refractivity contribution in [3.63, 3.8) is 0 Å². The van der Waals surface area contributed by atoms with Crippen LogP contribution in [-0.4, -0.2) is 30.4 Å². The molecular weight excluding hydrogens is 466 g/mol. The molecule has 9 heteroatoms. The van der Waals surface area contributed by atoms with Crippen LogP contribution in [-0.2, 0) is 9.84 Å². The second kappa shape index (κ2) is 7.76. The molecule has 1 aliphatic rings. The molecule has 3 aromatic carbocycles. The van der Waals surface area contributed by atoms with Crippen LogP contribution in [0.2, 0.25) is 5.02 Å². The highest BCUT2D eigenvalue weighted by Crippen LogP contribution is 2.44. The normalized spacial score (nSPS) is 21.1. The van der Waals surface area contributed by atoms with Crippen LogP contribution in [0, 0.1) is 0 Å². The Morgan fingerprint density at radius 1 is 1.09 bits per heavy atom. The van der Waals surface area contributed by atoms with Crippen LogP contribution in [0.25, 0.3) is 11.0 Å². The average Bonchev–Trinajstić information content (AvgIpc) is 3.18. The van der Waals surface area contributed by atoms with Gasteiger partial charge in [-0.3, -0.25) is 0 Å². The molecule has 1 aliphatic heterocycles. The Morgan fingerprint density at radius 3 is 2.61 bits per heavy atom. The van der Waals surface area contributed by atoms with Crippen LogP contribution in [0.15, 0.2) is 81.0 Å². The second-order valence-corrected chi connectivity index (χ2v) is 10.8. The standard InChI is InChI=1S/C24H20ClNO6S/c1-24(2)22(27)21(30-23-17-10-8-14(25)12-20(17)32-26-23)18-13-16(9-11-19(18)31-24)33(28,29)15-6-4-3-5-7-15/h3-13,21-22,27H,1-2H3/p+1/t21-,22+/m1/s1. The van der Waals surface area contributed by atoms with Gasteiger partial charge in [0.1, 0.15) is 27.2 Å². The molecule has 2 N–H and O–H groups in total. The Hall–Kier alpha value is -3.07. The average molecular weight is 487 g/mol. The third kappa shape index (κ3) is 3.74. The van der Waals surface area contributed by atoms with E-state index in [1.165, 1.54) is 6.07 Å². The molecule has 33 heavy (non-hydrogen) atoms. The maximum absolute atomic E-state index is 13.3. The molecule has 0 saturated carbocycles. The summed E-state index contributed by atoms with van der Waals surface area (Å²) < 4.78 is 41.6. The summed E-state index contributed by atoms with van der Waals surface area (Å²) in [4.78, 5) is 0.452. The Morgan fingerprint density at radius 2 is 1.85 bits per heavy atom. The molecule has 5 rings (SSSR count). The third-order valence-electron chi connectivity index (χ3n) is 5.68. The monoisotopic (exact) mass is 486 g/mol. The van der Waals surface area contributed by atoms with Crippen molar-refractivity contribution in [1.82, 2.24) is 5.16 Å². The zero-order valence-corrected chi connectivity index (χ0v) is 19.3. The molecule has 2 heterocycles. The number of aromatic nitrogens is 1. The van der Waals surface area contributed by atoms with Crippen LogP contribution < -0.4 is 9.47 Å². The molecule has 0 amide bonds. The first kappa shape index (κ1) is 21.8. The molecule has 170 valence electrons. The van der Waals surface area contributed by atoms with Gasteiger partial charge in [-0.25, -0.2) is 4.21 Å². The van der Waals surface area contributed by atoms with Gasteiger partial charge in [0, 0.05) is 16.7 Å². The van der Waals surface area contributed by atoms with Crippen LogP contribution in [0.3, 0.4) is 0 Å². The first-order valence-electron chi connectivity index (χ1n) is 10.2. The van der Waals surface area contributed by atoms with E-state index in [-0.39, 0.29) is 15.7 Å². The molecule has 4 aromatic rings. The van der Waals surface area contributed by atoms with Gasteiger partial charge in [-0.05, 0) is 61.5 Å². The minimum atomic E-state index is -3.54. The zero-order valence-electron chi connectivity index (χ0n) is 17.8. The molecule has 1 aromatic heterocycles. The zero-order chi connectivity index (χ0) is 23.4. The molecule has 3 atom stereocenters. The maximum Gasteiger partial charge on any atom is 0.332 e. The lowest BCUT2D eigenvalue weighted by molar-refractivity contribution is -0.104. The van der Waals surface area contributed by atoms with E-state index in [4.69, 9.17) is 25.6 Å². The van der Waals surface area contributed by atoms with Crippen molar-refractivity contribution in [2.45, 2.75) is 41.4 Å². The highest BCUT2D eigenvalue weighted by molar-refractivity contribution is 7.91. The lowest BCUT2D eigenvalue weighted by atomic mass is 9.88. The van der Waals surface area contributed by atoms with Crippen molar-refractivity contribution >= 4 is 32.4 Å². The van der Waals surface area contributed by atoms with E-state index < -0.39 is 27.6 Å². The van der Waals surface area contributed by atoms with Gasteiger partial charge in [-0.15, -0.1) is 0 Å². The van der Waals surface area contributed by atoms with E-state index in [2.05, 4.69) is 5.16 Å². The summed E-state index contributed by atoms with van der Waals surface area (Å²) in [5.41, 5.74) is -0.112. The quantitative estimate of drug-likeness (QED) is 0.401. The number of benzene rings is 3. The van der Waals surface area contributed by atoms with E-state index in [1.54, 1.807) is 74.5 Å². The summed E-state index contributed by atoms with van der Waals surface area (Å²) in [6, 6.07) is 18.1. The number of nitrogens with zero attached hydrogens (tertiary/aromatic N) is 1. The lowest BCUT2D eigenvalue weighted by Crippen LogP contribution is -2.50. The van der Waals surface area contributed by atoms with E-state index in [0.717, 1.165) is 0 Å². The Balaban J connectivity index is 1.61. The molecule has 0 aliphatic carbocycles. The van der Waals surface area contributed by atoms with Crippen molar-refractivity contribution in [1.29, 1.82) is 0 Å². The summed E-state index contributed by atoms with van der Waals surface area (Å²) in [6.45, 7) is 3.48. The predicted octanol–water partition coefficient (Wildman–Crippen LogP) is 5.12. The third-order valence-corrected chi connectivity index (χ3v) is 7.72. The van der Waals surface area contributed by atoms with Crippen molar-refractivity contribution in [2.24, 2.45) is 0 Å². The first-order chi connectivity index (χ1) is 15.7. The van der Waals surface area contributed by atoms with Gasteiger partial charge in [0.25, 0.3) is 5.88 Å². The van der Waals surface area contributed by atoms with E-state index in [1.807, 2.05) is 0 Å². The maximum atomic E-state index is 13.3. The van der Waals surface area contributed by atoms with Crippen molar-refractivity contribution in [3.8, 4) is 11.6 Å². The van der Waals surface area contributed by atoms with Gasteiger partial charge in [-0.1, -0.05) is 29.8 Å². The highest BCUT2D eigenvalue weighted by Gasteiger charge is 2.45. The second-order valence-electron chi connectivity index (χ2n) is 8.36. The summed E-state index contributed by atoms with van der Waals surface area (Å²) in [6.07, 6.45) is -2.04. The number of halogens is 1. The van der Waals surface area contributed by atoms with Crippen LogP contribution in [0.5, 0.6) is 11.6 Å². The SMILES string of the molecule is CC1(C)Oc2ccc(S(=O)(=[OH+])c3ccccc3)cc2[C@@H](Oc2noc3cc(Cl)ccc23)[C@@H]1O. The minimum Gasteiger partial charge on any atom is -0.485 e. The van der Waals surface area contributed by atoms with Crippen molar-refractivity contribution in [2.75, 3.05) is 0 Å². The molecule has 1 unspecified atom stereocenters.